The van der Waals surface area contributed by atoms with Crippen molar-refractivity contribution in [3.05, 3.63) is 18.5 Å². The van der Waals surface area contributed by atoms with Crippen molar-refractivity contribution in [3.8, 4) is 0 Å². The molecule has 0 bridgehead atoms. The summed E-state index contributed by atoms with van der Waals surface area (Å²) >= 11 is 0. The zero-order valence-corrected chi connectivity index (χ0v) is 9.66. The van der Waals surface area contributed by atoms with Crippen molar-refractivity contribution in [1.82, 2.24) is 9.88 Å². The summed E-state index contributed by atoms with van der Waals surface area (Å²) in [4.78, 5) is 5.73. The van der Waals surface area contributed by atoms with Crippen LogP contribution in [-0.4, -0.2) is 44.7 Å². The molecular weight excluding hydrogens is 214 g/mol. The summed E-state index contributed by atoms with van der Waals surface area (Å²) in [6.07, 6.45) is 2.78. The lowest BCUT2D eigenvalue weighted by atomic mass is 10.4. The van der Waals surface area contributed by atoms with Gasteiger partial charge in [-0.15, -0.1) is 0 Å². The van der Waals surface area contributed by atoms with E-state index >= 15 is 0 Å². The standard InChI is InChI=1S/C9H15N3O2S/c1-12(2)5-6-15(13,14)9-3-4-11-7-8(9)10/h3-4,7H,5-6,10H2,1-2H3. The molecule has 0 unspecified atom stereocenters. The lowest BCUT2D eigenvalue weighted by Crippen LogP contribution is -2.22. The Hall–Kier alpha value is -1.14. The third kappa shape index (κ3) is 3.17. The topological polar surface area (TPSA) is 76.3 Å². The predicted octanol–water partition coefficient (Wildman–Crippen LogP) is -0.000900. The molecule has 6 heteroatoms. The van der Waals surface area contributed by atoms with Gasteiger partial charge in [-0.3, -0.25) is 4.98 Å². The van der Waals surface area contributed by atoms with Crippen molar-refractivity contribution in [1.29, 1.82) is 0 Å². The zero-order valence-electron chi connectivity index (χ0n) is 8.84. The van der Waals surface area contributed by atoms with E-state index in [0.29, 0.717) is 6.54 Å². The number of pyridine rings is 1. The van der Waals surface area contributed by atoms with Gasteiger partial charge in [0.1, 0.15) is 0 Å². The SMILES string of the molecule is CN(C)CCS(=O)(=O)c1ccncc1N. The van der Waals surface area contributed by atoms with E-state index in [1.165, 1.54) is 18.5 Å². The molecule has 0 aromatic carbocycles. The van der Waals surface area contributed by atoms with Crippen LogP contribution < -0.4 is 5.73 Å². The van der Waals surface area contributed by atoms with Crippen molar-refractivity contribution in [3.63, 3.8) is 0 Å². The van der Waals surface area contributed by atoms with Crippen LogP contribution in [0.25, 0.3) is 0 Å². The maximum absolute atomic E-state index is 11.8. The summed E-state index contributed by atoms with van der Waals surface area (Å²) in [5, 5.41) is 0. The van der Waals surface area contributed by atoms with Crippen LogP contribution in [0.4, 0.5) is 5.69 Å². The number of hydrogen-bond donors (Lipinski definition) is 1. The van der Waals surface area contributed by atoms with Crippen molar-refractivity contribution in [2.75, 3.05) is 32.1 Å². The first-order chi connectivity index (χ1) is 6.93. The third-order valence-corrected chi connectivity index (χ3v) is 3.71. The molecule has 2 N–H and O–H groups in total. The molecule has 1 rings (SSSR count). The second kappa shape index (κ2) is 4.59. The van der Waals surface area contributed by atoms with Crippen LogP contribution in [0.1, 0.15) is 0 Å². The Morgan fingerprint density at radius 3 is 2.67 bits per heavy atom. The Morgan fingerprint density at radius 1 is 1.47 bits per heavy atom. The molecule has 0 amide bonds. The Balaban J connectivity index is 2.92. The minimum absolute atomic E-state index is 0.0637. The van der Waals surface area contributed by atoms with Crippen LogP contribution in [0, 0.1) is 0 Å². The molecule has 15 heavy (non-hydrogen) atoms. The van der Waals surface area contributed by atoms with E-state index in [1.807, 2.05) is 19.0 Å². The highest BCUT2D eigenvalue weighted by atomic mass is 32.2. The normalized spacial score (nSPS) is 11.9. The molecule has 84 valence electrons. The summed E-state index contributed by atoms with van der Waals surface area (Å²) in [7, 11) is 0.357. The molecule has 0 saturated heterocycles. The number of nitrogens with two attached hydrogens (primary N) is 1. The van der Waals surface area contributed by atoms with Gasteiger partial charge in [0, 0.05) is 12.7 Å². The first-order valence-corrected chi connectivity index (χ1v) is 6.15. The van der Waals surface area contributed by atoms with E-state index in [0.717, 1.165) is 0 Å². The average Bonchev–Trinajstić information content (AvgIpc) is 2.15. The second-order valence-electron chi connectivity index (χ2n) is 3.54. The average molecular weight is 229 g/mol. The first kappa shape index (κ1) is 11.9. The molecule has 0 atom stereocenters. The molecule has 5 nitrogen and oxygen atoms in total. The van der Waals surface area contributed by atoms with Gasteiger partial charge in [0.05, 0.1) is 22.5 Å². The quantitative estimate of drug-likeness (QED) is 0.786. The number of sulfone groups is 1. The molecule has 0 saturated carbocycles. The summed E-state index contributed by atoms with van der Waals surface area (Å²) in [5.41, 5.74) is 5.76. The van der Waals surface area contributed by atoms with Crippen LogP contribution in [0.15, 0.2) is 23.4 Å². The number of nitrogen functional groups attached to an aromatic ring is 1. The minimum Gasteiger partial charge on any atom is -0.396 e. The highest BCUT2D eigenvalue weighted by Gasteiger charge is 2.17. The van der Waals surface area contributed by atoms with E-state index in [9.17, 15) is 8.42 Å². The number of rotatable bonds is 4. The van der Waals surface area contributed by atoms with Crippen molar-refractivity contribution < 1.29 is 8.42 Å². The smallest absolute Gasteiger partial charge is 0.181 e. The highest BCUT2D eigenvalue weighted by molar-refractivity contribution is 7.91. The van der Waals surface area contributed by atoms with Gasteiger partial charge in [0.2, 0.25) is 0 Å². The highest BCUT2D eigenvalue weighted by Crippen LogP contribution is 2.17. The fourth-order valence-electron chi connectivity index (χ4n) is 1.09. The van der Waals surface area contributed by atoms with Crippen LogP contribution in [0.3, 0.4) is 0 Å². The van der Waals surface area contributed by atoms with Crippen LogP contribution in [-0.2, 0) is 9.84 Å². The molecule has 0 spiro atoms. The van der Waals surface area contributed by atoms with Crippen LogP contribution >= 0.6 is 0 Å². The van der Waals surface area contributed by atoms with Crippen LogP contribution in [0.2, 0.25) is 0 Å². The molecule has 1 aromatic heterocycles. The maximum atomic E-state index is 11.8. The predicted molar refractivity (Wildman–Crippen MR) is 59.3 cm³/mol. The van der Waals surface area contributed by atoms with Gasteiger partial charge >= 0.3 is 0 Å². The molecule has 0 aliphatic carbocycles. The number of anilines is 1. The van der Waals surface area contributed by atoms with E-state index in [4.69, 9.17) is 5.73 Å². The van der Waals surface area contributed by atoms with E-state index in [2.05, 4.69) is 4.98 Å². The number of aromatic nitrogens is 1. The molecule has 1 heterocycles. The lowest BCUT2D eigenvalue weighted by Gasteiger charge is -2.10. The van der Waals surface area contributed by atoms with Gasteiger partial charge in [-0.2, -0.15) is 0 Å². The van der Waals surface area contributed by atoms with Crippen molar-refractivity contribution >= 4 is 15.5 Å². The zero-order chi connectivity index (χ0) is 11.5. The monoisotopic (exact) mass is 229 g/mol. The van der Waals surface area contributed by atoms with E-state index in [-0.39, 0.29) is 16.3 Å². The maximum Gasteiger partial charge on any atom is 0.181 e. The Labute approximate surface area is 89.8 Å². The first-order valence-electron chi connectivity index (χ1n) is 4.50. The molecular formula is C9H15N3O2S. The Bertz CT molecular complexity index is 429. The Kier molecular flexibility index (Phi) is 3.65. The van der Waals surface area contributed by atoms with Gasteiger partial charge in [0.15, 0.2) is 9.84 Å². The summed E-state index contributed by atoms with van der Waals surface area (Å²) in [6, 6.07) is 1.43. The van der Waals surface area contributed by atoms with Gasteiger partial charge in [-0.1, -0.05) is 0 Å². The fraction of sp³-hybridized carbons (Fsp3) is 0.444. The largest absolute Gasteiger partial charge is 0.396 e. The van der Waals surface area contributed by atoms with Gasteiger partial charge < -0.3 is 10.6 Å². The van der Waals surface area contributed by atoms with E-state index in [1.54, 1.807) is 0 Å². The van der Waals surface area contributed by atoms with Crippen molar-refractivity contribution in [2.24, 2.45) is 0 Å². The Morgan fingerprint density at radius 2 is 2.13 bits per heavy atom. The fourth-order valence-corrected chi connectivity index (χ4v) is 2.60. The second-order valence-corrected chi connectivity index (χ2v) is 5.61. The summed E-state index contributed by atoms with van der Waals surface area (Å²) in [6.45, 7) is 0.476. The van der Waals surface area contributed by atoms with Gasteiger partial charge in [0.25, 0.3) is 0 Å². The number of hydrogen-bond acceptors (Lipinski definition) is 5. The van der Waals surface area contributed by atoms with Crippen molar-refractivity contribution in [2.45, 2.75) is 4.90 Å². The molecule has 0 fully saturated rings. The molecule has 0 aliphatic rings. The molecule has 0 radical (unpaired) electrons. The van der Waals surface area contributed by atoms with E-state index < -0.39 is 9.84 Å². The lowest BCUT2D eigenvalue weighted by molar-refractivity contribution is 0.432. The van der Waals surface area contributed by atoms with Crippen LogP contribution in [0.5, 0.6) is 0 Å². The molecule has 0 aliphatic heterocycles. The van der Waals surface area contributed by atoms with Gasteiger partial charge in [-0.05, 0) is 20.2 Å². The molecule has 1 aromatic rings. The van der Waals surface area contributed by atoms with Gasteiger partial charge in [-0.25, -0.2) is 8.42 Å². The number of nitrogens with zero attached hydrogens (tertiary/aromatic N) is 2. The minimum atomic E-state index is -3.29. The summed E-state index contributed by atoms with van der Waals surface area (Å²) < 4.78 is 23.6. The third-order valence-electron chi connectivity index (χ3n) is 1.95. The summed E-state index contributed by atoms with van der Waals surface area (Å²) in [5.74, 6) is 0.0637.